The Bertz CT molecular complexity index is 1260. The van der Waals surface area contributed by atoms with Gasteiger partial charge in [0.05, 0.1) is 13.0 Å². The van der Waals surface area contributed by atoms with Crippen molar-refractivity contribution in [3.05, 3.63) is 75.2 Å². The molecule has 184 valence electrons. The summed E-state index contributed by atoms with van der Waals surface area (Å²) in [6.07, 6.45) is 3.59. The lowest BCUT2D eigenvalue weighted by Gasteiger charge is -2.24. The number of H-pyrrole nitrogens is 1. The van der Waals surface area contributed by atoms with Crippen LogP contribution in [-0.2, 0) is 20.9 Å². The Morgan fingerprint density at radius 3 is 2.54 bits per heavy atom. The zero-order chi connectivity index (χ0) is 25.2. The highest BCUT2D eigenvalue weighted by Gasteiger charge is 2.24. The molecule has 2 aromatic heterocycles. The first-order valence-electron chi connectivity index (χ1n) is 11.0. The minimum absolute atomic E-state index is 0.0238. The maximum atomic E-state index is 12.9. The lowest BCUT2D eigenvalue weighted by molar-refractivity contribution is -0.147. The molecule has 0 radical (unpaired) electrons. The first kappa shape index (κ1) is 25.1. The first-order valence-corrected chi connectivity index (χ1v) is 11.0. The second-order valence-corrected chi connectivity index (χ2v) is 7.52. The number of rotatable bonds is 11. The molecule has 0 saturated carbocycles. The van der Waals surface area contributed by atoms with Crippen molar-refractivity contribution < 1.29 is 14.3 Å². The summed E-state index contributed by atoms with van der Waals surface area (Å²) < 4.78 is 6.27. The minimum atomic E-state index is -0.794. The Kier molecular flexibility index (Phi) is 8.70. The highest BCUT2D eigenvalue weighted by Crippen LogP contribution is 2.18. The van der Waals surface area contributed by atoms with Gasteiger partial charge in [0.1, 0.15) is 5.82 Å². The highest BCUT2D eigenvalue weighted by atomic mass is 16.5. The number of anilines is 3. The molecule has 0 aliphatic heterocycles. The lowest BCUT2D eigenvalue weighted by Crippen LogP contribution is -2.43. The normalized spacial score (nSPS) is 10.5. The number of aromatic amines is 1. The number of ether oxygens (including phenoxy) is 1. The Hall–Kier alpha value is -4.48. The second kappa shape index (κ2) is 12.1. The Morgan fingerprint density at radius 2 is 1.86 bits per heavy atom. The Balaban J connectivity index is 1.70. The van der Waals surface area contributed by atoms with Crippen LogP contribution in [0.5, 0.6) is 0 Å². The average molecular weight is 482 g/mol. The molecule has 0 aliphatic carbocycles. The van der Waals surface area contributed by atoms with E-state index in [1.54, 1.807) is 18.5 Å². The summed E-state index contributed by atoms with van der Waals surface area (Å²) in [4.78, 5) is 61.4. The van der Waals surface area contributed by atoms with E-state index in [9.17, 15) is 19.2 Å². The van der Waals surface area contributed by atoms with E-state index in [1.165, 1.54) is 4.57 Å². The Labute approximate surface area is 200 Å². The number of nitrogens with one attached hydrogen (secondary N) is 2. The van der Waals surface area contributed by atoms with Gasteiger partial charge in [-0.3, -0.25) is 23.9 Å². The minimum Gasteiger partial charge on any atom is -0.455 e. The predicted octanol–water partition coefficient (Wildman–Crippen LogP) is 0.745. The van der Waals surface area contributed by atoms with Crippen LogP contribution >= 0.6 is 0 Å². The second-order valence-electron chi connectivity index (χ2n) is 7.52. The summed E-state index contributed by atoms with van der Waals surface area (Å²) in [7, 11) is 0. The number of amides is 1. The van der Waals surface area contributed by atoms with Gasteiger partial charge in [-0.05, 0) is 18.1 Å². The van der Waals surface area contributed by atoms with E-state index < -0.39 is 29.7 Å². The van der Waals surface area contributed by atoms with Crippen LogP contribution < -0.4 is 27.2 Å². The van der Waals surface area contributed by atoms with E-state index >= 15 is 0 Å². The van der Waals surface area contributed by atoms with Crippen LogP contribution in [0.2, 0.25) is 0 Å². The fraction of sp³-hybridized carbons (Fsp3) is 0.304. The van der Waals surface area contributed by atoms with Gasteiger partial charge in [-0.15, -0.1) is 0 Å². The van der Waals surface area contributed by atoms with E-state index in [2.05, 4.69) is 20.3 Å². The average Bonchev–Trinajstić information content (AvgIpc) is 2.86. The number of carbonyl (C=O) groups is 2. The van der Waals surface area contributed by atoms with Crippen LogP contribution in [0.25, 0.3) is 0 Å². The maximum absolute atomic E-state index is 12.9. The number of nitrogens with zero attached hydrogens (tertiary/aromatic N) is 4. The molecule has 3 aromatic rings. The van der Waals surface area contributed by atoms with Crippen molar-refractivity contribution in [2.24, 2.45) is 0 Å². The van der Waals surface area contributed by atoms with Gasteiger partial charge in [-0.2, -0.15) is 0 Å². The van der Waals surface area contributed by atoms with Gasteiger partial charge in [0.15, 0.2) is 12.3 Å². The molecule has 0 atom stereocenters. The van der Waals surface area contributed by atoms with Crippen LogP contribution in [0.1, 0.15) is 25.3 Å². The van der Waals surface area contributed by atoms with Crippen molar-refractivity contribution >= 4 is 29.3 Å². The van der Waals surface area contributed by atoms with E-state index in [0.29, 0.717) is 12.4 Å². The summed E-state index contributed by atoms with van der Waals surface area (Å²) in [5, 5.41) is 2.87. The highest BCUT2D eigenvalue weighted by molar-refractivity contribution is 5.97. The lowest BCUT2D eigenvalue weighted by atomic mass is 10.2. The molecule has 2 heterocycles. The molecule has 0 fully saturated rings. The number of hydrogen-bond donors (Lipinski definition) is 3. The number of nitrogen functional groups attached to an aromatic ring is 1. The summed E-state index contributed by atoms with van der Waals surface area (Å²) in [6, 6.07) is 10.7. The van der Waals surface area contributed by atoms with Crippen molar-refractivity contribution in [2.75, 3.05) is 35.6 Å². The van der Waals surface area contributed by atoms with Crippen LogP contribution in [0.4, 0.5) is 17.5 Å². The molecule has 0 unspecified atom stereocenters. The zero-order valence-electron chi connectivity index (χ0n) is 19.3. The fourth-order valence-corrected chi connectivity index (χ4v) is 3.31. The van der Waals surface area contributed by atoms with Crippen LogP contribution in [-0.4, -0.2) is 51.1 Å². The molecule has 0 aliphatic rings. The molecule has 4 N–H and O–H groups in total. The summed E-state index contributed by atoms with van der Waals surface area (Å²) in [6.45, 7) is 1.69. The van der Waals surface area contributed by atoms with Crippen molar-refractivity contribution in [1.29, 1.82) is 0 Å². The quantitative estimate of drug-likeness (QED) is 0.335. The van der Waals surface area contributed by atoms with Gasteiger partial charge < -0.3 is 20.7 Å². The van der Waals surface area contributed by atoms with Crippen LogP contribution in [0.3, 0.4) is 0 Å². The molecule has 3 rings (SSSR count). The first-order chi connectivity index (χ1) is 16.9. The maximum Gasteiger partial charge on any atom is 0.330 e. The van der Waals surface area contributed by atoms with Gasteiger partial charge in [0.2, 0.25) is 5.95 Å². The summed E-state index contributed by atoms with van der Waals surface area (Å²) in [5.74, 6) is -1.04. The van der Waals surface area contributed by atoms with Crippen molar-refractivity contribution in [3.63, 3.8) is 0 Å². The van der Waals surface area contributed by atoms with Crippen molar-refractivity contribution in [2.45, 2.75) is 26.3 Å². The summed E-state index contributed by atoms with van der Waals surface area (Å²) in [5.41, 5.74) is 5.34. The molecule has 0 spiro atoms. The molecular weight excluding hydrogens is 454 g/mol. The van der Waals surface area contributed by atoms with E-state index in [4.69, 9.17) is 10.5 Å². The molecule has 12 nitrogen and oxygen atoms in total. The number of esters is 1. The van der Waals surface area contributed by atoms with Crippen molar-refractivity contribution in [1.82, 2.24) is 19.5 Å². The van der Waals surface area contributed by atoms with Crippen LogP contribution in [0, 0.1) is 0 Å². The Morgan fingerprint density at radius 1 is 1.14 bits per heavy atom. The molecule has 12 heteroatoms. The summed E-state index contributed by atoms with van der Waals surface area (Å²) >= 11 is 0. The largest absolute Gasteiger partial charge is 0.455 e. The zero-order valence-corrected chi connectivity index (χ0v) is 19.3. The number of nitrogens with two attached hydrogens (primary N) is 1. The number of hydrogen-bond acceptors (Lipinski definition) is 9. The number of benzene rings is 1. The smallest absolute Gasteiger partial charge is 0.330 e. The van der Waals surface area contributed by atoms with Gasteiger partial charge in [-0.1, -0.05) is 37.3 Å². The molecule has 0 saturated heterocycles. The molecule has 0 bridgehead atoms. The fourth-order valence-electron chi connectivity index (χ4n) is 3.31. The monoisotopic (exact) mass is 481 g/mol. The van der Waals surface area contributed by atoms with E-state index in [0.717, 1.165) is 10.5 Å². The molecule has 35 heavy (non-hydrogen) atoms. The third kappa shape index (κ3) is 6.76. The standard InChI is InChI=1S/C23H27N7O5/c1-2-13-29(17(31)15-35-18(32)9-12-27-22-25-10-6-11-26-22)19-20(24)30(23(34)28-21(19)33)14-16-7-4-3-5-8-16/h3-8,10-11H,2,9,12-15,24H2,1H3,(H,25,26,27)(H,28,33,34). The molecule has 1 amide bonds. The SMILES string of the molecule is CCCN(C(=O)COC(=O)CCNc1ncccn1)c1c(N)n(Cc2ccccc2)c(=O)[nH]c1=O. The van der Waals surface area contributed by atoms with Crippen molar-refractivity contribution in [3.8, 4) is 0 Å². The predicted molar refractivity (Wildman–Crippen MR) is 130 cm³/mol. The number of aromatic nitrogens is 4. The van der Waals surface area contributed by atoms with E-state index in [1.807, 2.05) is 37.3 Å². The number of carbonyl (C=O) groups excluding carboxylic acids is 2. The van der Waals surface area contributed by atoms with E-state index in [-0.39, 0.29) is 37.6 Å². The van der Waals surface area contributed by atoms with Gasteiger partial charge in [-0.25, -0.2) is 14.8 Å². The topological polar surface area (TPSA) is 165 Å². The third-order valence-electron chi connectivity index (χ3n) is 4.95. The van der Waals surface area contributed by atoms with Gasteiger partial charge >= 0.3 is 11.7 Å². The van der Waals surface area contributed by atoms with Gasteiger partial charge in [0, 0.05) is 25.5 Å². The third-order valence-corrected chi connectivity index (χ3v) is 4.95. The molecule has 1 aromatic carbocycles. The molecular formula is C23H27N7O5. The van der Waals surface area contributed by atoms with Gasteiger partial charge in [0.25, 0.3) is 11.5 Å². The van der Waals surface area contributed by atoms with Crippen LogP contribution in [0.15, 0.2) is 58.4 Å².